The lowest BCUT2D eigenvalue weighted by Crippen LogP contribution is -2.56. The molecule has 0 unspecified atom stereocenters. The Morgan fingerprint density at radius 3 is 2.40 bits per heavy atom. The van der Waals surface area contributed by atoms with Crippen LogP contribution in [0, 0.1) is 17.6 Å². The van der Waals surface area contributed by atoms with Crippen molar-refractivity contribution in [3.63, 3.8) is 0 Å². The van der Waals surface area contributed by atoms with Crippen LogP contribution < -0.4 is 10.6 Å². The Morgan fingerprint density at radius 2 is 1.84 bits per heavy atom. The van der Waals surface area contributed by atoms with Gasteiger partial charge in [0.05, 0.1) is 6.54 Å². The smallest absolute Gasteiger partial charge is 0.319 e. The van der Waals surface area contributed by atoms with Crippen molar-refractivity contribution < 1.29 is 23.5 Å². The van der Waals surface area contributed by atoms with Crippen LogP contribution in [0.4, 0.5) is 19.3 Å². The molecule has 1 aromatic rings. The van der Waals surface area contributed by atoms with Crippen molar-refractivity contribution in [3.05, 3.63) is 29.8 Å². The first kappa shape index (κ1) is 17.6. The summed E-state index contributed by atoms with van der Waals surface area (Å²) in [5, 5.41) is 13.9. The maximum atomic E-state index is 13.5. The summed E-state index contributed by atoms with van der Waals surface area (Å²) in [6, 6.07) is 2.68. The average Bonchev–Trinajstić information content (AvgIpc) is 3.29. The van der Waals surface area contributed by atoms with Gasteiger partial charge in [0.2, 0.25) is 0 Å². The molecule has 2 fully saturated rings. The molecule has 8 heteroatoms. The van der Waals surface area contributed by atoms with Crippen LogP contribution in [0.5, 0.6) is 0 Å². The van der Waals surface area contributed by atoms with E-state index in [1.54, 1.807) is 0 Å². The highest BCUT2D eigenvalue weighted by Gasteiger charge is 2.37. The number of aliphatic carboxylic acids is 1. The van der Waals surface area contributed by atoms with Crippen molar-refractivity contribution in [2.75, 3.05) is 18.4 Å². The third kappa shape index (κ3) is 4.66. The summed E-state index contributed by atoms with van der Waals surface area (Å²) in [4.78, 5) is 24.8. The van der Waals surface area contributed by atoms with Gasteiger partial charge in [0.15, 0.2) is 0 Å². The minimum atomic E-state index is -0.857. The monoisotopic (exact) mass is 353 g/mol. The van der Waals surface area contributed by atoms with Gasteiger partial charge in [0, 0.05) is 18.6 Å². The summed E-state index contributed by atoms with van der Waals surface area (Å²) >= 11 is 0. The first-order valence-corrected chi connectivity index (χ1v) is 8.39. The second-order valence-corrected chi connectivity index (χ2v) is 6.78. The van der Waals surface area contributed by atoms with Crippen molar-refractivity contribution in [3.8, 4) is 0 Å². The van der Waals surface area contributed by atoms with Gasteiger partial charge >= 0.3 is 12.0 Å². The molecule has 25 heavy (non-hydrogen) atoms. The Bertz CT molecular complexity index is 640. The standard InChI is InChI=1S/C17H21F2N3O3/c18-13-2-1-3-14(19)16(13)21-17(25)20-11-6-12(7-11)22(9-15(23)24)8-10-4-5-10/h1-3,10-12H,4-9H2,(H,23,24)(H2,20,21,25). The Hall–Kier alpha value is -2.22. The number of amides is 2. The highest BCUT2D eigenvalue weighted by Crippen LogP contribution is 2.33. The number of nitrogens with zero attached hydrogens (tertiary/aromatic N) is 1. The Kier molecular flexibility index (Phi) is 5.17. The normalized spacial score (nSPS) is 22.4. The topological polar surface area (TPSA) is 81.7 Å². The molecule has 1 aromatic carbocycles. The van der Waals surface area contributed by atoms with Gasteiger partial charge in [-0.05, 0) is 43.7 Å². The second kappa shape index (κ2) is 7.35. The van der Waals surface area contributed by atoms with Gasteiger partial charge in [-0.2, -0.15) is 0 Å². The van der Waals surface area contributed by atoms with Crippen LogP contribution in [0.1, 0.15) is 25.7 Å². The fourth-order valence-corrected chi connectivity index (χ4v) is 3.10. The number of rotatable bonds is 7. The molecule has 0 spiro atoms. The number of benzene rings is 1. The lowest BCUT2D eigenvalue weighted by atomic mass is 9.85. The number of nitrogens with one attached hydrogen (secondary N) is 2. The number of carbonyl (C=O) groups excluding carboxylic acids is 1. The number of urea groups is 1. The van der Waals surface area contributed by atoms with Gasteiger partial charge < -0.3 is 15.7 Å². The highest BCUT2D eigenvalue weighted by molar-refractivity contribution is 5.89. The molecule has 2 saturated carbocycles. The van der Waals surface area contributed by atoms with Crippen LogP contribution in [0.15, 0.2) is 18.2 Å². The van der Waals surface area contributed by atoms with Crippen molar-refractivity contribution in [2.24, 2.45) is 5.92 Å². The van der Waals surface area contributed by atoms with Gasteiger partial charge in [-0.25, -0.2) is 13.6 Å². The number of hydrogen-bond donors (Lipinski definition) is 3. The second-order valence-electron chi connectivity index (χ2n) is 6.78. The van der Waals surface area contributed by atoms with Gasteiger partial charge in [0.1, 0.15) is 17.3 Å². The number of carboxylic acid groups (broad SMARTS) is 1. The molecule has 136 valence electrons. The molecule has 0 atom stereocenters. The fraction of sp³-hybridized carbons (Fsp3) is 0.529. The molecular formula is C17H21F2N3O3. The van der Waals surface area contributed by atoms with E-state index in [-0.39, 0.29) is 18.6 Å². The molecule has 2 aliphatic rings. The van der Waals surface area contributed by atoms with Crippen LogP contribution in [0.2, 0.25) is 0 Å². The first-order chi connectivity index (χ1) is 11.9. The van der Waals surface area contributed by atoms with Crippen molar-refractivity contribution in [1.82, 2.24) is 10.2 Å². The fourth-order valence-electron chi connectivity index (χ4n) is 3.10. The highest BCUT2D eigenvalue weighted by atomic mass is 19.1. The molecule has 3 rings (SSSR count). The SMILES string of the molecule is O=C(O)CN(CC1CC1)C1CC(NC(=O)Nc2c(F)cccc2F)C1. The van der Waals surface area contributed by atoms with Crippen molar-refractivity contribution >= 4 is 17.7 Å². The molecule has 2 aliphatic carbocycles. The first-order valence-electron chi connectivity index (χ1n) is 8.39. The lowest BCUT2D eigenvalue weighted by Gasteiger charge is -2.42. The molecule has 2 amide bonds. The van der Waals surface area contributed by atoms with Crippen LogP contribution >= 0.6 is 0 Å². The molecule has 0 aromatic heterocycles. The van der Waals surface area contributed by atoms with Crippen LogP contribution in [0.25, 0.3) is 0 Å². The molecule has 0 saturated heterocycles. The summed E-state index contributed by atoms with van der Waals surface area (Å²) in [5.41, 5.74) is -0.475. The van der Waals surface area contributed by atoms with E-state index >= 15 is 0 Å². The predicted molar refractivity (Wildman–Crippen MR) is 87.3 cm³/mol. The van der Waals surface area contributed by atoms with Gasteiger partial charge in [-0.1, -0.05) is 6.07 Å². The average molecular weight is 353 g/mol. The number of hydrogen-bond acceptors (Lipinski definition) is 3. The van der Waals surface area contributed by atoms with E-state index in [1.165, 1.54) is 6.07 Å². The van der Waals surface area contributed by atoms with E-state index < -0.39 is 29.3 Å². The maximum Gasteiger partial charge on any atom is 0.319 e. The van der Waals surface area contributed by atoms with E-state index in [1.807, 2.05) is 4.90 Å². The van der Waals surface area contributed by atoms with Gasteiger partial charge in [-0.3, -0.25) is 9.69 Å². The van der Waals surface area contributed by atoms with Crippen LogP contribution in [-0.2, 0) is 4.79 Å². The quantitative estimate of drug-likeness (QED) is 0.703. The minimum Gasteiger partial charge on any atom is -0.480 e. The summed E-state index contributed by atoms with van der Waals surface area (Å²) in [5.74, 6) is -1.94. The molecule has 0 aliphatic heterocycles. The Labute approximate surface area is 144 Å². The minimum absolute atomic E-state index is 0.000517. The zero-order chi connectivity index (χ0) is 18.0. The van der Waals surface area contributed by atoms with Crippen molar-refractivity contribution in [2.45, 2.75) is 37.8 Å². The number of halogens is 2. The van der Waals surface area contributed by atoms with Crippen molar-refractivity contribution in [1.29, 1.82) is 0 Å². The molecule has 3 N–H and O–H groups in total. The zero-order valence-corrected chi connectivity index (χ0v) is 13.7. The largest absolute Gasteiger partial charge is 0.480 e. The summed E-state index contributed by atoms with van der Waals surface area (Å²) in [6.45, 7) is 0.775. The predicted octanol–water partition coefficient (Wildman–Crippen LogP) is 2.41. The van der Waals surface area contributed by atoms with Gasteiger partial charge in [-0.15, -0.1) is 0 Å². The molecule has 0 heterocycles. The van der Waals surface area contributed by atoms with E-state index in [4.69, 9.17) is 5.11 Å². The lowest BCUT2D eigenvalue weighted by molar-refractivity contribution is -0.139. The number of anilines is 1. The van der Waals surface area contributed by atoms with E-state index in [2.05, 4.69) is 10.6 Å². The third-order valence-electron chi connectivity index (χ3n) is 4.69. The molecule has 6 nitrogen and oxygen atoms in total. The van der Waals surface area contributed by atoms with Crippen LogP contribution in [-0.4, -0.2) is 47.2 Å². The molecule has 0 radical (unpaired) electrons. The third-order valence-corrected chi connectivity index (χ3v) is 4.69. The number of carboxylic acids is 1. The summed E-state index contributed by atoms with van der Waals surface area (Å²) in [6.07, 6.45) is 3.54. The summed E-state index contributed by atoms with van der Waals surface area (Å²) in [7, 11) is 0. The Morgan fingerprint density at radius 1 is 1.20 bits per heavy atom. The molecular weight excluding hydrogens is 332 g/mol. The molecule has 0 bridgehead atoms. The van der Waals surface area contributed by atoms with Gasteiger partial charge in [0.25, 0.3) is 0 Å². The number of para-hydroxylation sites is 1. The zero-order valence-electron chi connectivity index (χ0n) is 13.7. The van der Waals surface area contributed by atoms with Crippen LogP contribution in [0.3, 0.4) is 0 Å². The van der Waals surface area contributed by atoms with E-state index in [9.17, 15) is 18.4 Å². The maximum absolute atomic E-state index is 13.5. The van der Waals surface area contributed by atoms with E-state index in [0.717, 1.165) is 31.5 Å². The Balaban J connectivity index is 1.47. The van der Waals surface area contributed by atoms with E-state index in [0.29, 0.717) is 18.8 Å². The number of carbonyl (C=O) groups is 2. The summed E-state index contributed by atoms with van der Waals surface area (Å²) < 4.78 is 27.0.